The van der Waals surface area contributed by atoms with Gasteiger partial charge in [0.15, 0.2) is 5.60 Å². The average molecular weight is 1410 g/mol. The molecule has 9 atom stereocenters. The van der Waals surface area contributed by atoms with Gasteiger partial charge in [-0.1, -0.05) is 49.6 Å². The minimum Gasteiger partial charge on any atom is -0.458 e. The smallest absolute Gasteiger partial charge is 0.343 e. The van der Waals surface area contributed by atoms with Crippen LogP contribution in [0.4, 0.5) is 4.39 Å². The van der Waals surface area contributed by atoms with Crippen LogP contribution >= 0.6 is 0 Å². The number of aromatic nitrogens is 2. The summed E-state index contributed by atoms with van der Waals surface area (Å²) in [5.74, 6) is -8.25. The molecule has 5 heterocycles. The lowest BCUT2D eigenvalue weighted by atomic mass is 9.81. The van der Waals surface area contributed by atoms with Gasteiger partial charge in [0.05, 0.1) is 61.3 Å². The van der Waals surface area contributed by atoms with E-state index in [2.05, 4.69) is 37.2 Å². The fourth-order valence-corrected chi connectivity index (χ4v) is 13.2. The zero-order valence-electron chi connectivity index (χ0n) is 55.8. The normalized spacial score (nSPS) is 19.3. The number of aryl methyl sites for hydroxylation is 1. The number of aliphatic hydroxyl groups excluding tert-OH is 5. The zero-order chi connectivity index (χ0) is 72.6. The van der Waals surface area contributed by atoms with E-state index >= 15 is 4.39 Å². The summed E-state index contributed by atoms with van der Waals surface area (Å²) in [5.41, 5.74) is 1.82. The molecular formula is C69H84FN11O20. The number of amides is 10. The monoisotopic (exact) mass is 1410 g/mol. The number of likely N-dealkylation sites (N-methyl/N-ethyl adjacent to an activating group) is 1. The first-order valence-corrected chi connectivity index (χ1v) is 33.8. The van der Waals surface area contributed by atoms with Gasteiger partial charge in [0.25, 0.3) is 17.4 Å². The number of hydrogen-bond donors (Lipinski definition) is 13. The summed E-state index contributed by atoms with van der Waals surface area (Å²) >= 11 is 0. The Morgan fingerprint density at radius 3 is 2.14 bits per heavy atom. The number of fused-ring (bicyclic) bond motifs is 5. The van der Waals surface area contributed by atoms with E-state index in [9.17, 15) is 83.1 Å². The molecule has 10 rings (SSSR count). The summed E-state index contributed by atoms with van der Waals surface area (Å²) in [5, 5.41) is 80.4. The maximum absolute atomic E-state index is 15.7. The average Bonchev–Trinajstić information content (AvgIpc) is 1.60. The van der Waals surface area contributed by atoms with Crippen molar-refractivity contribution in [2.75, 3.05) is 53.1 Å². The quantitative estimate of drug-likeness (QED) is 0.00871. The standard InChI is InChI=1S/C69H84FN11O20/c1-35-39-16-17-44(59-40-30-81-48(60(40)77-46(58(39)59)25-43(35)70)24-42-41(66(81)96)33-100-68(98)69(42,99)26-37-12-13-37)78-65(95)63(38-14-15-38)101-34-74-54(88)28-73-64(94)47(23-36-9-5-3-6-10-36)76-55(89)29-72-53(87)27-71-51(85)19-18-45(67(97)79(2)31-49(83)61(92)62(93)50(84)32-82)75-52(86)11-7-4-8-22-80-56(90)20-21-57(80)91/h3,5-6,9-10,20-21,24-25,37-38,44-45,47,49-50,61-63,82-84,92-93,99H,4,7-8,11-19,22-23,26-34H2,1-2H3,(H,71,85)(H,72,87)(H,73,94)(H,74,88)(H,75,86)(H,76,89)(H,78,95)/t44-,45-,47-,49-,50+,61+,62+,63-,69-/m0/s1. The van der Waals surface area contributed by atoms with Crippen LogP contribution in [0.25, 0.3) is 22.3 Å². The Bertz CT molecular complexity index is 3980. The number of halogens is 1. The van der Waals surface area contributed by atoms with Crippen molar-refractivity contribution in [3.8, 4) is 11.4 Å². The van der Waals surface area contributed by atoms with Crippen molar-refractivity contribution in [3.63, 3.8) is 0 Å². The Kier molecular flexibility index (Phi) is 23.9. The topological polar surface area (TPSA) is 453 Å². The van der Waals surface area contributed by atoms with Crippen LogP contribution in [0.15, 0.2) is 59.4 Å². The van der Waals surface area contributed by atoms with Crippen LogP contribution in [-0.2, 0) is 93.8 Å². The van der Waals surface area contributed by atoms with E-state index < -0.39 is 177 Å². The Balaban J connectivity index is 0.700. The van der Waals surface area contributed by atoms with Crippen LogP contribution in [0, 0.1) is 24.6 Å². The van der Waals surface area contributed by atoms with E-state index in [1.807, 2.05) is 0 Å². The fourth-order valence-electron chi connectivity index (χ4n) is 13.2. The van der Waals surface area contributed by atoms with Crippen LogP contribution < -0.4 is 42.8 Å². The van der Waals surface area contributed by atoms with Gasteiger partial charge in [0.1, 0.15) is 61.8 Å². The lowest BCUT2D eigenvalue weighted by Gasteiger charge is -2.32. The van der Waals surface area contributed by atoms with Crippen molar-refractivity contribution in [2.24, 2.45) is 11.8 Å². The third kappa shape index (κ3) is 17.7. The number of carbonyl (C=O) groups excluding carboxylic acids is 11. The maximum Gasteiger partial charge on any atom is 0.343 e. The third-order valence-electron chi connectivity index (χ3n) is 19.2. The number of cyclic esters (lactones) is 1. The van der Waals surface area contributed by atoms with Gasteiger partial charge in [-0.2, -0.15) is 0 Å². The first kappa shape index (κ1) is 74.3. The molecular weight excluding hydrogens is 1320 g/mol. The number of carbonyl (C=O) groups is 11. The zero-order valence-corrected chi connectivity index (χ0v) is 55.8. The van der Waals surface area contributed by atoms with Crippen molar-refractivity contribution >= 4 is 75.9 Å². The first-order chi connectivity index (χ1) is 48.2. The van der Waals surface area contributed by atoms with Crippen LogP contribution in [0.3, 0.4) is 0 Å². The van der Waals surface area contributed by atoms with Gasteiger partial charge < -0.3 is 86.8 Å². The fraction of sp³-hybridized carbons (Fsp3) is 0.522. The van der Waals surface area contributed by atoms with Gasteiger partial charge in [-0.15, -0.1) is 0 Å². The Morgan fingerprint density at radius 2 is 1.44 bits per heavy atom. The van der Waals surface area contributed by atoms with Crippen LogP contribution in [-0.4, -0.2) is 211 Å². The summed E-state index contributed by atoms with van der Waals surface area (Å²) in [6.07, 6.45) is -2.58. The van der Waals surface area contributed by atoms with Crippen molar-refractivity contribution in [3.05, 3.63) is 110 Å². The third-order valence-corrected chi connectivity index (χ3v) is 19.2. The molecule has 2 aromatic heterocycles. The van der Waals surface area contributed by atoms with Gasteiger partial charge >= 0.3 is 5.97 Å². The van der Waals surface area contributed by atoms with Gasteiger partial charge in [-0.25, -0.2) is 14.2 Å². The molecule has 101 heavy (non-hydrogen) atoms. The largest absolute Gasteiger partial charge is 0.458 e. The van der Waals surface area contributed by atoms with Crippen LogP contribution in [0.1, 0.15) is 122 Å². The van der Waals surface area contributed by atoms with E-state index in [1.54, 1.807) is 43.3 Å². The summed E-state index contributed by atoms with van der Waals surface area (Å²) in [6, 6.07) is 8.13. The number of rotatable bonds is 35. The molecule has 0 bridgehead atoms. The molecule has 0 spiro atoms. The molecule has 3 aliphatic heterocycles. The Labute approximate surface area is 577 Å². The molecule has 31 nitrogen and oxygen atoms in total. The van der Waals surface area contributed by atoms with Crippen LogP contribution in [0.2, 0.25) is 0 Å². The molecule has 2 fully saturated rings. The number of aliphatic hydroxyl groups is 6. The van der Waals surface area contributed by atoms with Gasteiger partial charge in [-0.05, 0) is 98.4 Å². The number of unbranched alkanes of at least 4 members (excludes halogenated alkanes) is 2. The molecule has 13 N–H and O–H groups in total. The molecule has 0 unspecified atom stereocenters. The van der Waals surface area contributed by atoms with Gasteiger partial charge in [0, 0.05) is 74.1 Å². The predicted molar refractivity (Wildman–Crippen MR) is 351 cm³/mol. The summed E-state index contributed by atoms with van der Waals surface area (Å²) < 4.78 is 28.6. The molecule has 2 saturated carbocycles. The number of esters is 1. The van der Waals surface area contributed by atoms with E-state index in [1.165, 1.54) is 17.7 Å². The minimum atomic E-state index is -2.04. The number of benzene rings is 2. The van der Waals surface area contributed by atoms with Crippen molar-refractivity contribution in [2.45, 2.75) is 164 Å². The highest BCUT2D eigenvalue weighted by Gasteiger charge is 2.50. The number of nitrogens with one attached hydrogen (secondary N) is 7. The highest BCUT2D eigenvalue weighted by molar-refractivity contribution is 6.13. The molecule has 0 saturated heterocycles. The molecule has 2 aromatic carbocycles. The molecule has 3 aliphatic carbocycles. The van der Waals surface area contributed by atoms with E-state index in [-0.39, 0.29) is 74.8 Å². The van der Waals surface area contributed by atoms with Gasteiger partial charge in [0.2, 0.25) is 47.3 Å². The van der Waals surface area contributed by atoms with Gasteiger partial charge in [-0.3, -0.25) is 57.6 Å². The van der Waals surface area contributed by atoms with Crippen molar-refractivity contribution in [1.29, 1.82) is 0 Å². The van der Waals surface area contributed by atoms with E-state index in [0.29, 0.717) is 88.6 Å². The second-order valence-corrected chi connectivity index (χ2v) is 26.6. The number of imide groups is 1. The van der Waals surface area contributed by atoms with E-state index in [4.69, 9.17) is 19.6 Å². The predicted octanol–water partition coefficient (Wildman–Crippen LogP) is -2.39. The molecule has 4 aromatic rings. The summed E-state index contributed by atoms with van der Waals surface area (Å²) in [4.78, 5) is 166. The Hall–Kier alpha value is -9.44. The molecule has 10 amide bonds. The summed E-state index contributed by atoms with van der Waals surface area (Å²) in [7, 11) is 1.20. The lowest BCUT2D eigenvalue weighted by molar-refractivity contribution is -0.173. The van der Waals surface area contributed by atoms with Crippen molar-refractivity contribution in [1.82, 2.24) is 56.6 Å². The highest BCUT2D eigenvalue weighted by atomic mass is 19.1. The number of hydrogen-bond acceptors (Lipinski definition) is 21. The molecule has 0 radical (unpaired) electrons. The van der Waals surface area contributed by atoms with Crippen LogP contribution in [0.5, 0.6) is 0 Å². The molecule has 32 heteroatoms. The van der Waals surface area contributed by atoms with E-state index in [0.717, 1.165) is 34.8 Å². The SMILES string of the molecule is Cc1c(F)cc2nc3c(c4c2c1CC[C@@H]4NC(=O)[C@@H](OCNC(=O)CNC(=O)[C@H](Cc1ccccc1)NC(=O)CNC(=O)CNC(=O)CC[C@H](NC(=O)CCCCCN1C(=O)C=CC1=O)C(=O)N(C)C[C@H](O)[C@@H](O)[C@H](O)[C@H](O)CO)C1CC1)Cn1c-3cc2c(c1=O)COC(=O)[C@]2(O)CC1CC1. The number of ether oxygens (including phenoxy) is 2. The number of nitrogens with zero attached hydrogens (tertiary/aromatic N) is 4. The maximum atomic E-state index is 15.7. The number of pyridine rings is 2. The second-order valence-electron chi connectivity index (χ2n) is 26.6. The lowest BCUT2D eigenvalue weighted by Crippen LogP contribution is -2.53. The summed E-state index contributed by atoms with van der Waals surface area (Å²) in [6.45, 7) is -2.46. The first-order valence-electron chi connectivity index (χ1n) is 33.8. The Morgan fingerprint density at radius 1 is 0.762 bits per heavy atom. The second kappa shape index (κ2) is 32.5. The minimum absolute atomic E-state index is 0.0339. The van der Waals surface area contributed by atoms with Crippen molar-refractivity contribution < 1.29 is 97.2 Å². The highest BCUT2D eigenvalue weighted by Crippen LogP contribution is 2.48. The molecule has 6 aliphatic rings. The molecule has 542 valence electrons.